The third kappa shape index (κ3) is 4.47. The summed E-state index contributed by atoms with van der Waals surface area (Å²) in [6.45, 7) is 7.70. The molecule has 1 atom stereocenters. The van der Waals surface area contributed by atoms with Gasteiger partial charge in [-0.15, -0.1) is 0 Å². The highest BCUT2D eigenvalue weighted by molar-refractivity contribution is 5.67. The van der Waals surface area contributed by atoms with E-state index < -0.39 is 11.7 Å². The number of benzene rings is 1. The van der Waals surface area contributed by atoms with Gasteiger partial charge >= 0.3 is 6.18 Å². The molecule has 1 aromatic heterocycles. The number of imidazole rings is 1. The molecule has 0 saturated heterocycles. The number of nitriles is 1. The lowest BCUT2D eigenvalue weighted by Gasteiger charge is -2.31. The summed E-state index contributed by atoms with van der Waals surface area (Å²) in [6, 6.07) is 5.70. The fraction of sp³-hybridized carbons (Fsp3) is 0.455. The molecule has 29 heavy (non-hydrogen) atoms. The van der Waals surface area contributed by atoms with Crippen LogP contribution in [-0.2, 0) is 12.7 Å². The molecule has 0 aliphatic heterocycles. The summed E-state index contributed by atoms with van der Waals surface area (Å²) in [6.07, 6.45) is 2.81. The van der Waals surface area contributed by atoms with Crippen LogP contribution in [0.2, 0.25) is 0 Å². The van der Waals surface area contributed by atoms with Crippen LogP contribution in [0.5, 0.6) is 0 Å². The summed E-state index contributed by atoms with van der Waals surface area (Å²) in [5, 5.41) is 9.03. The van der Waals surface area contributed by atoms with E-state index >= 15 is 0 Å². The summed E-state index contributed by atoms with van der Waals surface area (Å²) >= 11 is 0. The Morgan fingerprint density at radius 3 is 2.72 bits per heavy atom. The molecule has 0 bridgehead atoms. The second-order valence-corrected chi connectivity index (χ2v) is 7.77. The van der Waals surface area contributed by atoms with E-state index in [0.717, 1.165) is 31.1 Å². The lowest BCUT2D eigenvalue weighted by molar-refractivity contribution is -0.137. The van der Waals surface area contributed by atoms with Gasteiger partial charge in [0, 0.05) is 24.8 Å². The molecule has 1 unspecified atom stereocenters. The predicted octanol–water partition coefficient (Wildman–Crippen LogP) is 5.50. The molecule has 2 aromatic rings. The first-order valence-corrected chi connectivity index (χ1v) is 9.82. The molecule has 0 fully saturated rings. The van der Waals surface area contributed by atoms with E-state index in [-0.39, 0.29) is 11.6 Å². The number of alkyl halides is 3. The Kier molecular flexibility index (Phi) is 6.02. The number of anilines is 1. The van der Waals surface area contributed by atoms with Crippen molar-refractivity contribution >= 4 is 11.3 Å². The third-order valence-corrected chi connectivity index (χ3v) is 5.24. The van der Waals surface area contributed by atoms with E-state index in [0.29, 0.717) is 18.2 Å². The topological polar surface area (TPSA) is 44.9 Å². The van der Waals surface area contributed by atoms with E-state index in [2.05, 4.69) is 29.5 Å². The second-order valence-electron chi connectivity index (χ2n) is 7.77. The van der Waals surface area contributed by atoms with E-state index in [9.17, 15) is 13.2 Å². The lowest BCUT2D eigenvalue weighted by Crippen LogP contribution is -2.33. The van der Waals surface area contributed by atoms with Crippen molar-refractivity contribution in [1.29, 1.82) is 5.26 Å². The first-order valence-electron chi connectivity index (χ1n) is 9.82. The van der Waals surface area contributed by atoms with Crippen LogP contribution in [0.15, 0.2) is 36.8 Å². The highest BCUT2D eigenvalue weighted by atomic mass is 19.4. The number of halogens is 3. The van der Waals surface area contributed by atoms with Gasteiger partial charge in [-0.2, -0.15) is 18.4 Å². The van der Waals surface area contributed by atoms with Crippen LogP contribution in [0.3, 0.4) is 0 Å². The Bertz CT molecular complexity index is 934. The quantitative estimate of drug-likeness (QED) is 0.641. The molecule has 1 aliphatic carbocycles. The van der Waals surface area contributed by atoms with Crippen LogP contribution >= 0.6 is 0 Å². The minimum absolute atomic E-state index is 0.0754. The van der Waals surface area contributed by atoms with Crippen molar-refractivity contribution in [2.45, 2.75) is 52.4 Å². The molecule has 7 heteroatoms. The molecule has 3 rings (SSSR count). The maximum atomic E-state index is 13.4. The van der Waals surface area contributed by atoms with Gasteiger partial charge < -0.3 is 9.47 Å². The zero-order chi connectivity index (χ0) is 21.2. The molecule has 1 heterocycles. The average molecular weight is 402 g/mol. The molecule has 0 radical (unpaired) electrons. The van der Waals surface area contributed by atoms with E-state index in [1.807, 2.05) is 24.3 Å². The largest absolute Gasteiger partial charge is 0.417 e. The van der Waals surface area contributed by atoms with Gasteiger partial charge in [-0.05, 0) is 49.5 Å². The van der Waals surface area contributed by atoms with Gasteiger partial charge in [0.15, 0.2) is 0 Å². The Labute approximate surface area is 169 Å². The van der Waals surface area contributed by atoms with Gasteiger partial charge in [-0.25, -0.2) is 4.98 Å². The Morgan fingerprint density at radius 1 is 1.34 bits per heavy atom. The molecule has 1 aromatic carbocycles. The van der Waals surface area contributed by atoms with Gasteiger partial charge in [-0.1, -0.05) is 19.9 Å². The number of hydrogen-bond donors (Lipinski definition) is 0. The molecule has 0 N–H and O–H groups in total. The summed E-state index contributed by atoms with van der Waals surface area (Å²) in [5.41, 5.74) is 1.52. The maximum absolute atomic E-state index is 13.4. The lowest BCUT2D eigenvalue weighted by atomic mass is 10.0. The van der Waals surface area contributed by atoms with Crippen molar-refractivity contribution < 1.29 is 13.2 Å². The van der Waals surface area contributed by atoms with Crippen LogP contribution in [0, 0.1) is 17.2 Å². The second kappa shape index (κ2) is 8.32. The predicted molar refractivity (Wildman–Crippen MR) is 107 cm³/mol. The van der Waals surface area contributed by atoms with Gasteiger partial charge in [-0.3, -0.25) is 0 Å². The molecule has 4 nitrogen and oxygen atoms in total. The van der Waals surface area contributed by atoms with Crippen molar-refractivity contribution in [2.75, 3.05) is 11.4 Å². The fourth-order valence-corrected chi connectivity index (χ4v) is 3.97. The van der Waals surface area contributed by atoms with E-state index in [1.165, 1.54) is 11.6 Å². The fourth-order valence-electron chi connectivity index (χ4n) is 3.97. The standard InChI is InChI=1S/C22H25F3N4/c1-4-29(19-8-6-17(11-26)20(10-19)22(23,24)25)18-7-5-16(9-18)21-12-27-14-28(21)13-15(2)3/h5-6,8,10,12,14-15,18H,4,7,9,13H2,1-3H3. The van der Waals surface area contributed by atoms with E-state index in [1.54, 1.807) is 12.1 Å². The van der Waals surface area contributed by atoms with Crippen LogP contribution < -0.4 is 4.90 Å². The van der Waals surface area contributed by atoms with Gasteiger partial charge in [0.25, 0.3) is 0 Å². The Hall–Kier alpha value is -2.75. The van der Waals surface area contributed by atoms with Gasteiger partial charge in [0.1, 0.15) is 0 Å². The van der Waals surface area contributed by atoms with Crippen molar-refractivity contribution in [2.24, 2.45) is 5.92 Å². The van der Waals surface area contributed by atoms with Crippen LogP contribution in [0.1, 0.15) is 50.4 Å². The monoisotopic (exact) mass is 402 g/mol. The van der Waals surface area contributed by atoms with E-state index in [4.69, 9.17) is 5.26 Å². The number of aromatic nitrogens is 2. The number of hydrogen-bond acceptors (Lipinski definition) is 3. The summed E-state index contributed by atoms with van der Waals surface area (Å²) < 4.78 is 42.2. The molecule has 0 spiro atoms. The molecule has 154 valence electrons. The highest BCUT2D eigenvalue weighted by Gasteiger charge is 2.35. The smallest absolute Gasteiger partial charge is 0.368 e. The zero-order valence-corrected chi connectivity index (χ0v) is 16.9. The van der Waals surface area contributed by atoms with Gasteiger partial charge in [0.2, 0.25) is 0 Å². The molecule has 1 aliphatic rings. The zero-order valence-electron chi connectivity index (χ0n) is 16.9. The molecular weight excluding hydrogens is 377 g/mol. The SMILES string of the molecule is CCN(c1ccc(C#N)c(C(F)(F)F)c1)C1CC=C(c2cncn2CC(C)C)C1. The average Bonchev–Trinajstić information content (AvgIpc) is 3.30. The van der Waals surface area contributed by atoms with Crippen molar-refractivity contribution in [3.05, 3.63) is 53.6 Å². The summed E-state index contributed by atoms with van der Waals surface area (Å²) in [4.78, 5) is 6.27. The third-order valence-electron chi connectivity index (χ3n) is 5.24. The first-order chi connectivity index (χ1) is 13.7. The molecule has 0 amide bonds. The van der Waals surface area contributed by atoms with Gasteiger partial charge in [0.05, 0.1) is 35.4 Å². The highest BCUT2D eigenvalue weighted by Crippen LogP contribution is 2.37. The summed E-state index contributed by atoms with van der Waals surface area (Å²) in [7, 11) is 0. The first kappa shape index (κ1) is 21.0. The molecular formula is C22H25F3N4. The summed E-state index contributed by atoms with van der Waals surface area (Å²) in [5.74, 6) is 0.493. The minimum atomic E-state index is -4.55. The van der Waals surface area contributed by atoms with Crippen LogP contribution in [0.4, 0.5) is 18.9 Å². The van der Waals surface area contributed by atoms with Crippen LogP contribution in [0.25, 0.3) is 5.57 Å². The normalized spacial score (nSPS) is 16.8. The number of nitrogens with zero attached hydrogens (tertiary/aromatic N) is 4. The minimum Gasteiger partial charge on any atom is -0.368 e. The van der Waals surface area contributed by atoms with Crippen LogP contribution in [-0.4, -0.2) is 22.1 Å². The van der Waals surface area contributed by atoms with Crippen molar-refractivity contribution in [1.82, 2.24) is 9.55 Å². The van der Waals surface area contributed by atoms with Crippen molar-refractivity contribution in [3.63, 3.8) is 0 Å². The maximum Gasteiger partial charge on any atom is 0.417 e. The molecule has 0 saturated carbocycles. The Morgan fingerprint density at radius 2 is 2.10 bits per heavy atom. The van der Waals surface area contributed by atoms with Crippen molar-refractivity contribution in [3.8, 4) is 6.07 Å². The number of rotatable bonds is 6. The Balaban J connectivity index is 1.83.